The van der Waals surface area contributed by atoms with Crippen molar-refractivity contribution in [1.29, 1.82) is 0 Å². The van der Waals surface area contributed by atoms with Gasteiger partial charge in [-0.05, 0) is 48.6 Å². The molecule has 0 fully saturated rings. The topological polar surface area (TPSA) is 46.3 Å². The first-order valence-corrected chi connectivity index (χ1v) is 6.72. The Hall–Kier alpha value is -1.42. The van der Waals surface area contributed by atoms with Crippen LogP contribution in [0.5, 0.6) is 0 Å². The molecule has 0 saturated heterocycles. The first-order chi connectivity index (χ1) is 8.93. The van der Waals surface area contributed by atoms with Crippen molar-refractivity contribution < 1.29 is 9.18 Å². The predicted octanol–water partition coefficient (Wildman–Crippen LogP) is 2.48. The smallest absolute Gasteiger partial charge is 0.227 e. The van der Waals surface area contributed by atoms with Crippen LogP contribution in [-0.4, -0.2) is 19.0 Å². The van der Waals surface area contributed by atoms with E-state index in [0.29, 0.717) is 25.9 Å². The molecule has 0 bridgehead atoms. The molecule has 0 aliphatic carbocycles. The van der Waals surface area contributed by atoms with E-state index in [9.17, 15) is 9.18 Å². The standard InChI is InChI=1S/C15H21FN2O/c1-15(2,10-17)7-8-18-13-5-4-12(16)9-11(13)3-6-14(18)19/h4-5,9H,3,6-8,10,17H2,1-2H3. The number of hydrogen-bond donors (Lipinski definition) is 1. The summed E-state index contributed by atoms with van der Waals surface area (Å²) in [6, 6.07) is 4.65. The van der Waals surface area contributed by atoms with Crippen molar-refractivity contribution in [1.82, 2.24) is 0 Å². The Labute approximate surface area is 113 Å². The fraction of sp³-hybridized carbons (Fsp3) is 0.533. The third kappa shape index (κ3) is 3.13. The average molecular weight is 264 g/mol. The Kier molecular flexibility index (Phi) is 3.90. The van der Waals surface area contributed by atoms with Gasteiger partial charge >= 0.3 is 0 Å². The zero-order chi connectivity index (χ0) is 14.0. The van der Waals surface area contributed by atoms with Crippen LogP contribution in [0.15, 0.2) is 18.2 Å². The quantitative estimate of drug-likeness (QED) is 0.908. The Balaban J connectivity index is 2.19. The van der Waals surface area contributed by atoms with Crippen molar-refractivity contribution in [2.75, 3.05) is 18.0 Å². The second kappa shape index (κ2) is 5.29. The molecule has 1 aliphatic heterocycles. The van der Waals surface area contributed by atoms with Gasteiger partial charge in [0, 0.05) is 18.7 Å². The number of anilines is 1. The number of carbonyl (C=O) groups excluding carboxylic acids is 1. The summed E-state index contributed by atoms with van der Waals surface area (Å²) in [5.41, 5.74) is 7.50. The Morgan fingerprint density at radius 3 is 2.79 bits per heavy atom. The summed E-state index contributed by atoms with van der Waals surface area (Å²) >= 11 is 0. The molecule has 1 aromatic rings. The number of fused-ring (bicyclic) bond motifs is 1. The van der Waals surface area contributed by atoms with Crippen molar-refractivity contribution >= 4 is 11.6 Å². The molecule has 104 valence electrons. The summed E-state index contributed by atoms with van der Waals surface area (Å²) in [6.07, 6.45) is 1.92. The molecule has 2 N–H and O–H groups in total. The summed E-state index contributed by atoms with van der Waals surface area (Å²) in [5.74, 6) is -0.123. The van der Waals surface area contributed by atoms with E-state index >= 15 is 0 Å². The molecule has 0 saturated carbocycles. The van der Waals surface area contributed by atoms with Gasteiger partial charge in [-0.2, -0.15) is 0 Å². The molecule has 19 heavy (non-hydrogen) atoms. The number of aryl methyl sites for hydroxylation is 1. The monoisotopic (exact) mass is 264 g/mol. The van der Waals surface area contributed by atoms with Crippen LogP contribution in [0.2, 0.25) is 0 Å². The molecule has 0 spiro atoms. The number of hydrogen-bond acceptors (Lipinski definition) is 2. The van der Waals surface area contributed by atoms with Gasteiger partial charge in [0.15, 0.2) is 0 Å². The molecule has 1 heterocycles. The van der Waals surface area contributed by atoms with E-state index in [0.717, 1.165) is 17.7 Å². The zero-order valence-electron chi connectivity index (χ0n) is 11.6. The van der Waals surface area contributed by atoms with Gasteiger partial charge in [-0.25, -0.2) is 4.39 Å². The summed E-state index contributed by atoms with van der Waals surface area (Å²) in [4.78, 5) is 13.8. The highest BCUT2D eigenvalue weighted by Gasteiger charge is 2.26. The third-order valence-corrected chi connectivity index (χ3v) is 3.81. The number of nitrogens with zero attached hydrogens (tertiary/aromatic N) is 1. The average Bonchev–Trinajstić information content (AvgIpc) is 2.38. The Bertz CT molecular complexity index is 485. The minimum Gasteiger partial charge on any atom is -0.330 e. The van der Waals surface area contributed by atoms with Crippen LogP contribution in [0.4, 0.5) is 10.1 Å². The number of rotatable bonds is 4. The summed E-state index contributed by atoms with van der Waals surface area (Å²) in [7, 11) is 0. The first-order valence-electron chi connectivity index (χ1n) is 6.72. The second-order valence-electron chi connectivity index (χ2n) is 5.94. The van der Waals surface area contributed by atoms with Gasteiger partial charge in [-0.15, -0.1) is 0 Å². The highest BCUT2D eigenvalue weighted by molar-refractivity contribution is 5.96. The molecule has 0 unspecified atom stereocenters. The van der Waals surface area contributed by atoms with Crippen LogP contribution < -0.4 is 10.6 Å². The largest absolute Gasteiger partial charge is 0.330 e. The number of carbonyl (C=O) groups is 1. The van der Waals surface area contributed by atoms with Gasteiger partial charge in [0.25, 0.3) is 0 Å². The molecule has 1 amide bonds. The maximum atomic E-state index is 13.2. The molecule has 0 aromatic heterocycles. The molecule has 0 radical (unpaired) electrons. The Morgan fingerprint density at radius 1 is 1.37 bits per heavy atom. The molecule has 2 rings (SSSR count). The maximum Gasteiger partial charge on any atom is 0.227 e. The lowest BCUT2D eigenvalue weighted by Gasteiger charge is -2.32. The van der Waals surface area contributed by atoms with Gasteiger partial charge < -0.3 is 10.6 Å². The van der Waals surface area contributed by atoms with Gasteiger partial charge in [0.1, 0.15) is 5.82 Å². The van der Waals surface area contributed by atoms with E-state index in [1.54, 1.807) is 11.0 Å². The van der Waals surface area contributed by atoms with Crippen LogP contribution in [0.3, 0.4) is 0 Å². The molecule has 4 heteroatoms. The van der Waals surface area contributed by atoms with E-state index in [-0.39, 0.29) is 17.1 Å². The number of benzene rings is 1. The summed E-state index contributed by atoms with van der Waals surface area (Å²) in [6.45, 7) is 5.41. The van der Waals surface area contributed by atoms with Crippen molar-refractivity contribution in [3.63, 3.8) is 0 Å². The predicted molar refractivity (Wildman–Crippen MR) is 74.5 cm³/mol. The van der Waals surface area contributed by atoms with Crippen LogP contribution >= 0.6 is 0 Å². The first kappa shape index (κ1) is 14.0. The van der Waals surface area contributed by atoms with E-state index < -0.39 is 0 Å². The number of halogens is 1. The van der Waals surface area contributed by atoms with Gasteiger partial charge in [0.2, 0.25) is 5.91 Å². The van der Waals surface area contributed by atoms with Crippen molar-refractivity contribution in [3.8, 4) is 0 Å². The highest BCUT2D eigenvalue weighted by atomic mass is 19.1. The van der Waals surface area contributed by atoms with Crippen LogP contribution in [0, 0.1) is 11.2 Å². The lowest BCUT2D eigenvalue weighted by Crippen LogP contribution is -2.38. The van der Waals surface area contributed by atoms with Crippen molar-refractivity contribution in [3.05, 3.63) is 29.6 Å². The summed E-state index contributed by atoms with van der Waals surface area (Å²) in [5, 5.41) is 0. The lowest BCUT2D eigenvalue weighted by molar-refractivity contribution is -0.119. The minimum absolute atomic E-state index is 0.0118. The Morgan fingerprint density at radius 2 is 2.11 bits per heavy atom. The molecule has 3 nitrogen and oxygen atoms in total. The van der Waals surface area contributed by atoms with Crippen LogP contribution in [0.1, 0.15) is 32.3 Å². The minimum atomic E-state index is -0.240. The molecular formula is C15H21FN2O. The highest BCUT2D eigenvalue weighted by Crippen LogP contribution is 2.30. The van der Waals surface area contributed by atoms with Crippen LogP contribution in [0.25, 0.3) is 0 Å². The second-order valence-corrected chi connectivity index (χ2v) is 5.94. The van der Waals surface area contributed by atoms with Gasteiger partial charge in [-0.1, -0.05) is 13.8 Å². The SMILES string of the molecule is CC(C)(CN)CCN1C(=O)CCc2cc(F)ccc21. The molecular weight excluding hydrogens is 243 g/mol. The molecule has 1 aromatic carbocycles. The van der Waals surface area contributed by atoms with Crippen molar-refractivity contribution in [2.24, 2.45) is 11.1 Å². The molecule has 1 aliphatic rings. The fourth-order valence-corrected chi connectivity index (χ4v) is 2.29. The maximum absolute atomic E-state index is 13.2. The van der Waals surface area contributed by atoms with Gasteiger partial charge in [-0.3, -0.25) is 4.79 Å². The third-order valence-electron chi connectivity index (χ3n) is 3.81. The zero-order valence-corrected chi connectivity index (χ0v) is 11.6. The summed E-state index contributed by atoms with van der Waals surface area (Å²) < 4.78 is 13.2. The van der Waals surface area contributed by atoms with E-state index in [1.807, 2.05) is 0 Å². The number of nitrogens with two attached hydrogens (primary N) is 1. The van der Waals surface area contributed by atoms with Gasteiger partial charge in [0.05, 0.1) is 0 Å². The number of amides is 1. The van der Waals surface area contributed by atoms with Crippen LogP contribution in [-0.2, 0) is 11.2 Å². The van der Waals surface area contributed by atoms with E-state index in [4.69, 9.17) is 5.73 Å². The van der Waals surface area contributed by atoms with E-state index in [1.165, 1.54) is 12.1 Å². The lowest BCUT2D eigenvalue weighted by atomic mass is 9.89. The fourth-order valence-electron chi connectivity index (χ4n) is 2.29. The normalized spacial score (nSPS) is 15.6. The molecule has 0 atom stereocenters. The van der Waals surface area contributed by atoms with Crippen molar-refractivity contribution in [2.45, 2.75) is 33.1 Å². The van der Waals surface area contributed by atoms with E-state index in [2.05, 4.69) is 13.8 Å².